The Hall–Kier alpha value is -2.84. The van der Waals surface area contributed by atoms with Crippen LogP contribution in [0.5, 0.6) is 0 Å². The van der Waals surface area contributed by atoms with E-state index in [2.05, 4.69) is 41.3 Å². The summed E-state index contributed by atoms with van der Waals surface area (Å²) in [5, 5.41) is 11.1. The van der Waals surface area contributed by atoms with Gasteiger partial charge in [-0.15, -0.1) is 0 Å². The molecule has 8 heteroatoms. The molecule has 0 unspecified atom stereocenters. The Morgan fingerprint density at radius 2 is 2.10 bits per heavy atom. The van der Waals surface area contributed by atoms with Gasteiger partial charge in [-0.1, -0.05) is 24.3 Å². The Balaban J connectivity index is 1.19. The second kappa shape index (κ2) is 7.88. The van der Waals surface area contributed by atoms with E-state index in [1.54, 1.807) is 0 Å². The molecule has 2 aromatic heterocycles. The van der Waals surface area contributed by atoms with Gasteiger partial charge in [0.25, 0.3) is 5.91 Å². The number of fused-ring (bicyclic) bond motifs is 2. The Labute approximate surface area is 172 Å². The number of hydrogen-bond donors (Lipinski definition) is 2. The number of nitrogens with zero attached hydrogens (tertiary/aromatic N) is 4. The zero-order valence-electron chi connectivity index (χ0n) is 16.0. The molecule has 1 aliphatic rings. The topological polar surface area (TPSA) is 86.8 Å². The van der Waals surface area contributed by atoms with Crippen molar-refractivity contribution in [3.8, 4) is 0 Å². The lowest BCUT2D eigenvalue weighted by Crippen LogP contribution is -2.40. The number of aromatic nitrogens is 4. The van der Waals surface area contributed by atoms with E-state index in [1.807, 2.05) is 30.3 Å². The van der Waals surface area contributed by atoms with Crippen LogP contribution in [0.25, 0.3) is 21.9 Å². The van der Waals surface area contributed by atoms with E-state index in [4.69, 9.17) is 0 Å². The molecule has 7 nitrogen and oxygen atoms in total. The maximum Gasteiger partial charge on any atom is 0.272 e. The van der Waals surface area contributed by atoms with Crippen molar-refractivity contribution in [3.63, 3.8) is 0 Å². The summed E-state index contributed by atoms with van der Waals surface area (Å²) in [6.07, 6.45) is 2.28. The van der Waals surface area contributed by atoms with Gasteiger partial charge in [-0.2, -0.15) is 13.8 Å². The monoisotopic (exact) mass is 406 g/mol. The van der Waals surface area contributed by atoms with E-state index >= 15 is 0 Å². The minimum atomic E-state index is -0.110. The molecular formula is C21H22N6OS. The van der Waals surface area contributed by atoms with Crippen LogP contribution in [0.3, 0.4) is 0 Å². The van der Waals surface area contributed by atoms with E-state index in [0.717, 1.165) is 54.4 Å². The van der Waals surface area contributed by atoms with Crippen LogP contribution in [0.4, 0.5) is 0 Å². The highest BCUT2D eigenvalue weighted by molar-refractivity contribution is 7.00. The summed E-state index contributed by atoms with van der Waals surface area (Å²) in [5.41, 5.74) is 4.55. The number of aromatic amines is 1. The number of carbonyl (C=O) groups excluding carboxylic acids is 1. The SMILES string of the molecule is O=C(NC[C@@H]1CCCN(Cc2ccc3nsnc3c2)C1)c1n[nH]c2ccccc12. The van der Waals surface area contributed by atoms with E-state index in [1.165, 1.54) is 17.3 Å². The van der Waals surface area contributed by atoms with Gasteiger partial charge in [-0.05, 0) is 49.1 Å². The highest BCUT2D eigenvalue weighted by Crippen LogP contribution is 2.21. The summed E-state index contributed by atoms with van der Waals surface area (Å²) in [7, 11) is 0. The zero-order valence-corrected chi connectivity index (χ0v) is 16.8. The largest absolute Gasteiger partial charge is 0.350 e. The van der Waals surface area contributed by atoms with Gasteiger partial charge in [0.2, 0.25) is 0 Å². The summed E-state index contributed by atoms with van der Waals surface area (Å²) in [6, 6.07) is 14.0. The van der Waals surface area contributed by atoms with Gasteiger partial charge in [0.1, 0.15) is 11.0 Å². The first-order valence-electron chi connectivity index (χ1n) is 9.91. The molecule has 1 amide bonds. The number of H-pyrrole nitrogens is 1. The third-order valence-electron chi connectivity index (χ3n) is 5.56. The van der Waals surface area contributed by atoms with Crippen LogP contribution in [0.1, 0.15) is 28.9 Å². The van der Waals surface area contributed by atoms with Crippen molar-refractivity contribution in [1.82, 2.24) is 29.2 Å². The number of rotatable bonds is 5. The normalized spacial score (nSPS) is 17.7. The quantitative estimate of drug-likeness (QED) is 0.531. The van der Waals surface area contributed by atoms with Gasteiger partial charge < -0.3 is 5.32 Å². The molecule has 4 aromatic rings. The van der Waals surface area contributed by atoms with E-state index in [0.29, 0.717) is 18.2 Å². The first-order valence-corrected chi connectivity index (χ1v) is 10.6. The number of carbonyl (C=O) groups is 1. The van der Waals surface area contributed by atoms with Gasteiger partial charge in [0.15, 0.2) is 5.69 Å². The Bertz CT molecular complexity index is 1150. The van der Waals surface area contributed by atoms with E-state index < -0.39 is 0 Å². The smallest absolute Gasteiger partial charge is 0.272 e. The summed E-state index contributed by atoms with van der Waals surface area (Å²) in [4.78, 5) is 15.1. The van der Waals surface area contributed by atoms with Crippen molar-refractivity contribution < 1.29 is 4.79 Å². The van der Waals surface area contributed by atoms with Crippen molar-refractivity contribution in [3.05, 3.63) is 53.7 Å². The molecule has 0 saturated carbocycles. The number of likely N-dealkylation sites (tertiary alicyclic amines) is 1. The average Bonchev–Trinajstić information content (AvgIpc) is 3.39. The zero-order chi connectivity index (χ0) is 19.6. The first-order chi connectivity index (χ1) is 14.3. The highest BCUT2D eigenvalue weighted by atomic mass is 32.1. The number of para-hydroxylation sites is 1. The molecule has 0 bridgehead atoms. The minimum absolute atomic E-state index is 0.110. The van der Waals surface area contributed by atoms with Gasteiger partial charge >= 0.3 is 0 Å². The van der Waals surface area contributed by atoms with Crippen LogP contribution in [0.15, 0.2) is 42.5 Å². The molecule has 1 aliphatic heterocycles. The van der Waals surface area contributed by atoms with Crippen molar-refractivity contribution in [1.29, 1.82) is 0 Å². The number of piperidine rings is 1. The predicted octanol–water partition coefficient (Wildman–Crippen LogP) is 3.21. The lowest BCUT2D eigenvalue weighted by Gasteiger charge is -2.32. The van der Waals surface area contributed by atoms with Crippen molar-refractivity contribution >= 4 is 39.6 Å². The summed E-state index contributed by atoms with van der Waals surface area (Å²) in [5.74, 6) is 0.337. The maximum atomic E-state index is 12.6. The van der Waals surface area contributed by atoms with Crippen molar-refractivity contribution in [2.45, 2.75) is 19.4 Å². The third kappa shape index (κ3) is 3.86. The van der Waals surface area contributed by atoms with Crippen LogP contribution in [0.2, 0.25) is 0 Å². The summed E-state index contributed by atoms with van der Waals surface area (Å²) < 4.78 is 8.61. The molecule has 29 heavy (non-hydrogen) atoms. The van der Waals surface area contributed by atoms with Gasteiger partial charge in [0, 0.05) is 25.0 Å². The molecule has 0 spiro atoms. The fraction of sp³-hybridized carbons (Fsp3) is 0.333. The first kappa shape index (κ1) is 18.2. The third-order valence-corrected chi connectivity index (χ3v) is 6.12. The summed E-state index contributed by atoms with van der Waals surface area (Å²) >= 11 is 1.26. The predicted molar refractivity (Wildman–Crippen MR) is 114 cm³/mol. The molecule has 1 atom stereocenters. The Kier molecular flexibility index (Phi) is 4.95. The Morgan fingerprint density at radius 3 is 3.07 bits per heavy atom. The van der Waals surface area contributed by atoms with Crippen LogP contribution in [-0.4, -0.2) is 49.4 Å². The standard InChI is InChI=1S/C21H22N6OS/c28-21(20-16-5-1-2-6-17(16)23-24-20)22-11-15-4-3-9-27(13-15)12-14-7-8-18-19(10-14)26-29-25-18/h1-2,5-8,10,15H,3-4,9,11-13H2,(H,22,28)(H,23,24)/t15-/m0/s1. The highest BCUT2D eigenvalue weighted by Gasteiger charge is 2.22. The van der Waals surface area contributed by atoms with Crippen LogP contribution < -0.4 is 5.32 Å². The van der Waals surface area contributed by atoms with Gasteiger partial charge in [-0.3, -0.25) is 14.8 Å². The minimum Gasteiger partial charge on any atom is -0.350 e. The average molecular weight is 407 g/mol. The van der Waals surface area contributed by atoms with Crippen molar-refractivity contribution in [2.24, 2.45) is 5.92 Å². The fourth-order valence-corrected chi connectivity index (χ4v) is 4.62. The van der Waals surface area contributed by atoms with E-state index in [-0.39, 0.29) is 5.91 Å². The molecule has 2 N–H and O–H groups in total. The number of hydrogen-bond acceptors (Lipinski definition) is 6. The molecule has 5 rings (SSSR count). The van der Waals surface area contributed by atoms with Crippen molar-refractivity contribution in [2.75, 3.05) is 19.6 Å². The van der Waals surface area contributed by atoms with E-state index in [9.17, 15) is 4.79 Å². The molecular weight excluding hydrogens is 384 g/mol. The molecule has 1 saturated heterocycles. The van der Waals surface area contributed by atoms with Gasteiger partial charge in [0.05, 0.1) is 17.2 Å². The second-order valence-electron chi connectivity index (χ2n) is 7.66. The molecule has 3 heterocycles. The van der Waals surface area contributed by atoms with Crippen LogP contribution in [0, 0.1) is 5.92 Å². The van der Waals surface area contributed by atoms with Crippen LogP contribution in [-0.2, 0) is 6.54 Å². The molecule has 2 aromatic carbocycles. The lowest BCUT2D eigenvalue weighted by molar-refractivity contribution is 0.0927. The fourth-order valence-electron chi connectivity index (χ4n) is 4.10. The molecule has 0 radical (unpaired) electrons. The number of nitrogens with one attached hydrogen (secondary N) is 2. The molecule has 1 fully saturated rings. The Morgan fingerprint density at radius 1 is 1.21 bits per heavy atom. The summed E-state index contributed by atoms with van der Waals surface area (Å²) in [6.45, 7) is 3.64. The lowest BCUT2D eigenvalue weighted by atomic mass is 9.97. The van der Waals surface area contributed by atoms with Gasteiger partial charge in [-0.25, -0.2) is 0 Å². The number of benzene rings is 2. The molecule has 148 valence electrons. The molecule has 0 aliphatic carbocycles. The second-order valence-corrected chi connectivity index (χ2v) is 8.19. The van der Waals surface area contributed by atoms with Crippen LogP contribution >= 0.6 is 11.7 Å². The number of amides is 1. The maximum absolute atomic E-state index is 12.6.